The van der Waals surface area contributed by atoms with Crippen LogP contribution in [0.25, 0.3) is 0 Å². The summed E-state index contributed by atoms with van der Waals surface area (Å²) in [5.74, 6) is 1.85. The quantitative estimate of drug-likeness (QED) is 0.545. The van der Waals surface area contributed by atoms with Crippen LogP contribution in [0, 0.1) is 5.92 Å². The van der Waals surface area contributed by atoms with E-state index in [4.69, 9.17) is 4.99 Å². The Morgan fingerprint density at radius 3 is 2.48 bits per heavy atom. The molecule has 0 aromatic carbocycles. The second kappa shape index (κ2) is 11.0. The minimum absolute atomic E-state index is 0.0133. The molecule has 0 bridgehead atoms. The van der Waals surface area contributed by atoms with Gasteiger partial charge in [-0.2, -0.15) is 0 Å². The highest BCUT2D eigenvalue weighted by molar-refractivity contribution is 7.09. The molecule has 2 aliphatic rings. The Balaban J connectivity index is 1.50. The standard InChI is InChI=1S/C22H37N5OS/c1-4-23-22(24-17-18(2)16-20-8-7-15-29-20)27-13-11-25(12-14-27)19(3)21(28)26-9-5-6-10-26/h7-8,15,18-19H,4-6,9-14,16-17H2,1-3H3,(H,23,24). The molecule has 6 nitrogen and oxygen atoms in total. The lowest BCUT2D eigenvalue weighted by Gasteiger charge is -2.39. The fraction of sp³-hybridized carbons (Fsp3) is 0.727. The van der Waals surface area contributed by atoms with Crippen molar-refractivity contribution in [3.05, 3.63) is 22.4 Å². The third-order valence-corrected chi connectivity index (χ3v) is 6.85. The van der Waals surface area contributed by atoms with Crippen molar-refractivity contribution in [2.24, 2.45) is 10.9 Å². The topological polar surface area (TPSA) is 51.2 Å². The fourth-order valence-electron chi connectivity index (χ4n) is 4.18. The lowest BCUT2D eigenvalue weighted by Crippen LogP contribution is -2.57. The van der Waals surface area contributed by atoms with E-state index in [1.165, 1.54) is 4.88 Å². The van der Waals surface area contributed by atoms with Gasteiger partial charge in [0.25, 0.3) is 0 Å². The van der Waals surface area contributed by atoms with Gasteiger partial charge in [0.15, 0.2) is 5.96 Å². The van der Waals surface area contributed by atoms with E-state index in [0.717, 1.165) is 77.6 Å². The predicted octanol–water partition coefficient (Wildman–Crippen LogP) is 2.52. The van der Waals surface area contributed by atoms with E-state index in [1.54, 1.807) is 0 Å². The smallest absolute Gasteiger partial charge is 0.239 e. The van der Waals surface area contributed by atoms with Gasteiger partial charge in [-0.15, -0.1) is 11.3 Å². The second-order valence-electron chi connectivity index (χ2n) is 8.31. The Bertz CT molecular complexity index is 648. The van der Waals surface area contributed by atoms with Crippen LogP contribution in [0.15, 0.2) is 22.5 Å². The molecular formula is C22H37N5OS. The molecule has 3 rings (SSSR count). The highest BCUT2D eigenvalue weighted by Crippen LogP contribution is 2.16. The average Bonchev–Trinajstić information content (AvgIpc) is 3.44. The van der Waals surface area contributed by atoms with Crippen molar-refractivity contribution in [3.63, 3.8) is 0 Å². The molecule has 29 heavy (non-hydrogen) atoms. The molecule has 3 heterocycles. The number of aliphatic imine (C=N–C) groups is 1. The Labute approximate surface area is 180 Å². The number of carbonyl (C=O) groups excluding carboxylic acids is 1. The lowest BCUT2D eigenvalue weighted by atomic mass is 10.1. The van der Waals surface area contributed by atoms with Crippen LogP contribution in [0.2, 0.25) is 0 Å². The van der Waals surface area contributed by atoms with Gasteiger partial charge in [-0.05, 0) is 50.5 Å². The number of hydrogen-bond acceptors (Lipinski definition) is 4. The first-order chi connectivity index (χ1) is 14.1. The first-order valence-corrected chi connectivity index (χ1v) is 12.0. The number of carbonyl (C=O) groups is 1. The molecule has 1 N–H and O–H groups in total. The van der Waals surface area contributed by atoms with E-state index in [-0.39, 0.29) is 6.04 Å². The van der Waals surface area contributed by atoms with E-state index in [9.17, 15) is 4.79 Å². The highest BCUT2D eigenvalue weighted by Gasteiger charge is 2.30. The lowest BCUT2D eigenvalue weighted by molar-refractivity contribution is -0.135. The third kappa shape index (κ3) is 6.19. The number of thiophene rings is 1. The number of nitrogens with one attached hydrogen (secondary N) is 1. The normalized spacial score (nSPS) is 20.7. The van der Waals surface area contributed by atoms with Gasteiger partial charge in [0, 0.05) is 57.2 Å². The number of likely N-dealkylation sites (tertiary alicyclic amines) is 1. The van der Waals surface area contributed by atoms with Crippen molar-refractivity contribution in [1.29, 1.82) is 0 Å². The Morgan fingerprint density at radius 1 is 1.14 bits per heavy atom. The second-order valence-corrected chi connectivity index (χ2v) is 9.35. The maximum Gasteiger partial charge on any atom is 0.239 e. The molecule has 0 aliphatic carbocycles. The number of nitrogens with zero attached hydrogens (tertiary/aromatic N) is 4. The summed E-state index contributed by atoms with van der Waals surface area (Å²) in [6, 6.07) is 4.31. The van der Waals surface area contributed by atoms with Gasteiger partial charge in [-0.25, -0.2) is 0 Å². The molecule has 2 unspecified atom stereocenters. The van der Waals surface area contributed by atoms with Gasteiger partial charge < -0.3 is 15.1 Å². The summed E-state index contributed by atoms with van der Waals surface area (Å²) >= 11 is 1.83. The SMILES string of the molecule is CCNC(=NCC(C)Cc1cccs1)N1CCN(C(C)C(=O)N2CCCC2)CC1. The molecule has 0 spiro atoms. The summed E-state index contributed by atoms with van der Waals surface area (Å²) in [5.41, 5.74) is 0. The number of hydrogen-bond donors (Lipinski definition) is 1. The van der Waals surface area contributed by atoms with Crippen molar-refractivity contribution in [2.75, 3.05) is 52.4 Å². The molecule has 2 atom stereocenters. The number of amides is 1. The molecule has 1 aromatic rings. The summed E-state index contributed by atoms with van der Waals surface area (Å²) < 4.78 is 0. The Kier molecular flexibility index (Phi) is 8.36. The monoisotopic (exact) mass is 419 g/mol. The zero-order valence-corrected chi connectivity index (χ0v) is 19.1. The van der Waals surface area contributed by atoms with Crippen molar-refractivity contribution in [2.45, 2.75) is 46.1 Å². The molecule has 1 amide bonds. The maximum atomic E-state index is 12.7. The van der Waals surface area contributed by atoms with Crippen molar-refractivity contribution in [3.8, 4) is 0 Å². The average molecular weight is 420 g/mol. The van der Waals surface area contributed by atoms with E-state index in [1.807, 2.05) is 16.2 Å². The summed E-state index contributed by atoms with van der Waals surface area (Å²) in [4.78, 5) is 25.8. The van der Waals surface area contributed by atoms with Crippen molar-refractivity contribution in [1.82, 2.24) is 20.0 Å². The largest absolute Gasteiger partial charge is 0.357 e. The molecule has 2 aliphatic heterocycles. The Morgan fingerprint density at radius 2 is 1.86 bits per heavy atom. The first-order valence-electron chi connectivity index (χ1n) is 11.2. The minimum Gasteiger partial charge on any atom is -0.357 e. The van der Waals surface area contributed by atoms with E-state index in [0.29, 0.717) is 11.8 Å². The molecule has 0 radical (unpaired) electrons. The summed E-state index contributed by atoms with van der Waals surface area (Å²) in [6.07, 6.45) is 3.39. The van der Waals surface area contributed by atoms with Gasteiger partial charge in [0.1, 0.15) is 0 Å². The van der Waals surface area contributed by atoms with Crippen LogP contribution in [-0.4, -0.2) is 85.0 Å². The maximum absolute atomic E-state index is 12.7. The van der Waals surface area contributed by atoms with Gasteiger partial charge >= 0.3 is 0 Å². The number of piperazine rings is 1. The molecule has 7 heteroatoms. The predicted molar refractivity (Wildman–Crippen MR) is 122 cm³/mol. The molecule has 0 saturated carbocycles. The number of rotatable bonds is 7. The zero-order valence-electron chi connectivity index (χ0n) is 18.3. The fourth-order valence-corrected chi connectivity index (χ4v) is 5.05. The zero-order chi connectivity index (χ0) is 20.6. The van der Waals surface area contributed by atoms with Crippen LogP contribution < -0.4 is 5.32 Å². The third-order valence-electron chi connectivity index (χ3n) is 5.95. The van der Waals surface area contributed by atoms with Crippen molar-refractivity contribution < 1.29 is 4.79 Å². The summed E-state index contributed by atoms with van der Waals surface area (Å²) in [7, 11) is 0. The van der Waals surface area contributed by atoms with E-state index in [2.05, 4.69) is 53.4 Å². The van der Waals surface area contributed by atoms with Crippen LogP contribution in [0.3, 0.4) is 0 Å². The number of guanidine groups is 1. The minimum atomic E-state index is -0.0133. The van der Waals surface area contributed by atoms with Gasteiger partial charge in [0.05, 0.1) is 6.04 Å². The van der Waals surface area contributed by atoms with Crippen LogP contribution in [0.4, 0.5) is 0 Å². The summed E-state index contributed by atoms with van der Waals surface area (Å²) in [5, 5.41) is 5.61. The molecule has 2 fully saturated rings. The van der Waals surface area contributed by atoms with Gasteiger partial charge in [0.2, 0.25) is 5.91 Å². The molecule has 162 valence electrons. The summed E-state index contributed by atoms with van der Waals surface area (Å²) in [6.45, 7) is 13.7. The van der Waals surface area contributed by atoms with Crippen LogP contribution >= 0.6 is 11.3 Å². The highest BCUT2D eigenvalue weighted by atomic mass is 32.1. The molecule has 1 aromatic heterocycles. The van der Waals surface area contributed by atoms with Crippen molar-refractivity contribution >= 4 is 23.2 Å². The van der Waals surface area contributed by atoms with Gasteiger partial charge in [-0.1, -0.05) is 13.0 Å². The molecular weight excluding hydrogens is 382 g/mol. The van der Waals surface area contributed by atoms with E-state index >= 15 is 0 Å². The van der Waals surface area contributed by atoms with Crippen LogP contribution in [0.1, 0.15) is 38.5 Å². The van der Waals surface area contributed by atoms with Crippen LogP contribution in [-0.2, 0) is 11.2 Å². The van der Waals surface area contributed by atoms with Crippen LogP contribution in [0.5, 0.6) is 0 Å². The van der Waals surface area contributed by atoms with E-state index < -0.39 is 0 Å². The Hall–Kier alpha value is -1.60. The van der Waals surface area contributed by atoms with Gasteiger partial charge in [-0.3, -0.25) is 14.7 Å². The molecule has 2 saturated heterocycles. The first kappa shape index (κ1) is 22.1.